The van der Waals surface area contributed by atoms with Gasteiger partial charge in [0, 0.05) is 18.8 Å². The van der Waals surface area contributed by atoms with Gasteiger partial charge < -0.3 is 15.0 Å². The van der Waals surface area contributed by atoms with E-state index in [4.69, 9.17) is 4.74 Å². The molecule has 0 unspecified atom stereocenters. The summed E-state index contributed by atoms with van der Waals surface area (Å²) in [6, 6.07) is 17.3. The number of anilines is 1. The highest BCUT2D eigenvalue weighted by Crippen LogP contribution is 2.23. The first-order valence-electron chi connectivity index (χ1n) is 8.36. The van der Waals surface area contributed by atoms with E-state index in [0.717, 1.165) is 5.56 Å². The van der Waals surface area contributed by atoms with Crippen molar-refractivity contribution in [3.05, 3.63) is 78.1 Å². The van der Waals surface area contributed by atoms with E-state index in [9.17, 15) is 4.79 Å². The molecule has 0 saturated carbocycles. The first-order valence-corrected chi connectivity index (χ1v) is 8.36. The van der Waals surface area contributed by atoms with Crippen molar-refractivity contribution in [3.8, 4) is 5.75 Å². The molecule has 134 valence electrons. The zero-order chi connectivity index (χ0) is 18.4. The van der Waals surface area contributed by atoms with Crippen molar-refractivity contribution in [3.63, 3.8) is 0 Å². The minimum absolute atomic E-state index is 0.203. The summed E-state index contributed by atoms with van der Waals surface area (Å²) in [4.78, 5) is 14.0. The van der Waals surface area contributed by atoms with E-state index in [0.29, 0.717) is 24.5 Å². The van der Waals surface area contributed by atoms with Gasteiger partial charge in [-0.05, 0) is 17.7 Å². The van der Waals surface area contributed by atoms with Crippen LogP contribution in [0.2, 0.25) is 0 Å². The number of hydrogen-bond acceptors (Lipinski definition) is 3. The highest BCUT2D eigenvalue weighted by Gasteiger charge is 2.12. The van der Waals surface area contributed by atoms with E-state index < -0.39 is 0 Å². The average Bonchev–Trinajstić information content (AvgIpc) is 3.09. The molecule has 0 aliphatic carbocycles. The normalized spacial score (nSPS) is 10.4. The molecule has 2 aromatic carbocycles. The number of carbonyl (C=O) groups is 1. The fourth-order valence-corrected chi connectivity index (χ4v) is 2.65. The van der Waals surface area contributed by atoms with Gasteiger partial charge >= 0.3 is 6.03 Å². The molecule has 1 aromatic heterocycles. The van der Waals surface area contributed by atoms with Gasteiger partial charge in [0.2, 0.25) is 0 Å². The number of aromatic nitrogens is 2. The SMILES string of the molecule is COc1ccccc1NC(=O)N(C)Cc1cnn(Cc2ccccc2)c1. The molecule has 3 aromatic rings. The van der Waals surface area contributed by atoms with Crippen LogP contribution in [0.5, 0.6) is 5.75 Å². The second-order valence-electron chi connectivity index (χ2n) is 6.02. The maximum atomic E-state index is 12.4. The van der Waals surface area contributed by atoms with Crippen LogP contribution >= 0.6 is 0 Å². The van der Waals surface area contributed by atoms with E-state index in [1.54, 1.807) is 25.3 Å². The van der Waals surface area contributed by atoms with E-state index in [-0.39, 0.29) is 6.03 Å². The number of nitrogens with zero attached hydrogens (tertiary/aromatic N) is 3. The molecular formula is C20H22N4O2. The first-order chi connectivity index (χ1) is 12.7. The molecule has 26 heavy (non-hydrogen) atoms. The maximum Gasteiger partial charge on any atom is 0.321 e. The molecule has 2 amide bonds. The number of hydrogen-bond donors (Lipinski definition) is 1. The average molecular weight is 350 g/mol. The number of nitrogens with one attached hydrogen (secondary N) is 1. The van der Waals surface area contributed by atoms with Gasteiger partial charge in [-0.15, -0.1) is 0 Å². The molecule has 0 saturated heterocycles. The molecule has 3 rings (SSSR count). The van der Waals surface area contributed by atoms with Crippen LogP contribution in [0.3, 0.4) is 0 Å². The Morgan fingerprint density at radius 3 is 2.62 bits per heavy atom. The molecule has 0 aliphatic rings. The molecule has 1 N–H and O–H groups in total. The van der Waals surface area contributed by atoms with E-state index in [1.165, 1.54) is 5.56 Å². The zero-order valence-electron chi connectivity index (χ0n) is 14.9. The smallest absolute Gasteiger partial charge is 0.321 e. The largest absolute Gasteiger partial charge is 0.495 e. The van der Waals surface area contributed by atoms with Crippen LogP contribution in [-0.4, -0.2) is 34.9 Å². The van der Waals surface area contributed by atoms with Crippen molar-refractivity contribution in [1.82, 2.24) is 14.7 Å². The predicted molar refractivity (Wildman–Crippen MR) is 101 cm³/mol. The molecule has 0 spiro atoms. The van der Waals surface area contributed by atoms with Crippen LogP contribution in [0, 0.1) is 0 Å². The lowest BCUT2D eigenvalue weighted by atomic mass is 10.2. The van der Waals surface area contributed by atoms with Crippen molar-refractivity contribution >= 4 is 11.7 Å². The van der Waals surface area contributed by atoms with E-state index in [1.807, 2.05) is 53.3 Å². The predicted octanol–water partition coefficient (Wildman–Crippen LogP) is 3.60. The Bertz CT molecular complexity index is 861. The fourth-order valence-electron chi connectivity index (χ4n) is 2.65. The zero-order valence-corrected chi connectivity index (χ0v) is 14.9. The van der Waals surface area contributed by atoms with Gasteiger partial charge in [0.25, 0.3) is 0 Å². The molecule has 0 radical (unpaired) electrons. The Balaban J connectivity index is 1.59. The summed E-state index contributed by atoms with van der Waals surface area (Å²) in [6.07, 6.45) is 3.75. The third-order valence-electron chi connectivity index (χ3n) is 3.99. The Kier molecular flexibility index (Phi) is 5.53. The summed E-state index contributed by atoms with van der Waals surface area (Å²) in [6.45, 7) is 1.17. The van der Waals surface area contributed by atoms with Crippen molar-refractivity contribution in [1.29, 1.82) is 0 Å². The molecule has 0 aliphatic heterocycles. The molecule has 1 heterocycles. The Morgan fingerprint density at radius 2 is 1.85 bits per heavy atom. The first kappa shape index (κ1) is 17.5. The number of benzene rings is 2. The van der Waals surface area contributed by atoms with Crippen LogP contribution in [0.1, 0.15) is 11.1 Å². The molecule has 0 atom stereocenters. The number of carbonyl (C=O) groups excluding carboxylic acids is 1. The number of amides is 2. The molecule has 6 heteroatoms. The number of rotatable bonds is 6. The summed E-state index contributed by atoms with van der Waals surface area (Å²) in [5.74, 6) is 0.630. The maximum absolute atomic E-state index is 12.4. The Hall–Kier alpha value is -3.28. The quantitative estimate of drug-likeness (QED) is 0.739. The Morgan fingerprint density at radius 1 is 1.12 bits per heavy atom. The summed E-state index contributed by atoms with van der Waals surface area (Å²) < 4.78 is 7.13. The van der Waals surface area contributed by atoms with Gasteiger partial charge in [-0.3, -0.25) is 4.68 Å². The summed E-state index contributed by atoms with van der Waals surface area (Å²) in [5.41, 5.74) is 2.80. The van der Waals surface area contributed by atoms with Crippen molar-refractivity contribution in [2.45, 2.75) is 13.1 Å². The molecular weight excluding hydrogens is 328 g/mol. The van der Waals surface area contributed by atoms with Gasteiger partial charge in [-0.25, -0.2) is 4.79 Å². The highest BCUT2D eigenvalue weighted by molar-refractivity contribution is 5.90. The lowest BCUT2D eigenvalue weighted by molar-refractivity contribution is 0.220. The monoisotopic (exact) mass is 350 g/mol. The van der Waals surface area contributed by atoms with Gasteiger partial charge in [0.1, 0.15) is 5.75 Å². The standard InChI is InChI=1S/C20H22N4O2/c1-23(20(25)22-18-10-6-7-11-19(18)26-2)13-17-12-21-24(15-17)14-16-8-4-3-5-9-16/h3-12,15H,13-14H2,1-2H3,(H,22,25). The Labute approximate surface area is 153 Å². The van der Waals surface area contributed by atoms with E-state index in [2.05, 4.69) is 22.5 Å². The number of para-hydroxylation sites is 2. The highest BCUT2D eigenvalue weighted by atomic mass is 16.5. The van der Waals surface area contributed by atoms with Crippen LogP contribution in [0.15, 0.2) is 67.0 Å². The summed E-state index contributed by atoms with van der Waals surface area (Å²) >= 11 is 0. The second-order valence-corrected chi connectivity index (χ2v) is 6.02. The van der Waals surface area contributed by atoms with Crippen LogP contribution in [0.4, 0.5) is 10.5 Å². The molecule has 0 bridgehead atoms. The number of methoxy groups -OCH3 is 1. The van der Waals surface area contributed by atoms with Crippen LogP contribution in [-0.2, 0) is 13.1 Å². The lowest BCUT2D eigenvalue weighted by Gasteiger charge is -2.18. The van der Waals surface area contributed by atoms with Gasteiger partial charge in [-0.2, -0.15) is 5.10 Å². The fraction of sp³-hybridized carbons (Fsp3) is 0.200. The van der Waals surface area contributed by atoms with Crippen LogP contribution < -0.4 is 10.1 Å². The summed E-state index contributed by atoms with van der Waals surface area (Å²) in [7, 11) is 3.33. The topological polar surface area (TPSA) is 59.4 Å². The third kappa shape index (κ3) is 4.42. The van der Waals surface area contributed by atoms with Crippen LogP contribution in [0.25, 0.3) is 0 Å². The molecule has 0 fully saturated rings. The number of ether oxygens (including phenoxy) is 1. The van der Waals surface area contributed by atoms with Crippen molar-refractivity contribution in [2.75, 3.05) is 19.5 Å². The van der Waals surface area contributed by atoms with Crippen molar-refractivity contribution < 1.29 is 9.53 Å². The second kappa shape index (κ2) is 8.20. The van der Waals surface area contributed by atoms with Gasteiger partial charge in [-0.1, -0.05) is 42.5 Å². The minimum Gasteiger partial charge on any atom is -0.495 e. The lowest BCUT2D eigenvalue weighted by Crippen LogP contribution is -2.30. The van der Waals surface area contributed by atoms with E-state index >= 15 is 0 Å². The van der Waals surface area contributed by atoms with Gasteiger partial charge in [0.15, 0.2) is 0 Å². The summed E-state index contributed by atoms with van der Waals surface area (Å²) in [5, 5.41) is 7.24. The minimum atomic E-state index is -0.203. The molecule has 6 nitrogen and oxygen atoms in total. The van der Waals surface area contributed by atoms with Gasteiger partial charge in [0.05, 0.1) is 32.1 Å². The third-order valence-corrected chi connectivity index (χ3v) is 3.99. The number of urea groups is 1. The van der Waals surface area contributed by atoms with Crippen molar-refractivity contribution in [2.24, 2.45) is 0 Å².